The van der Waals surface area contributed by atoms with Crippen molar-refractivity contribution in [3.05, 3.63) is 0 Å². The summed E-state index contributed by atoms with van der Waals surface area (Å²) in [6.07, 6.45) is 0.901. The Kier molecular flexibility index (Phi) is 10.2. The summed E-state index contributed by atoms with van der Waals surface area (Å²) in [5.41, 5.74) is 7.80. The lowest BCUT2D eigenvalue weighted by Crippen LogP contribution is -2.37. The predicted octanol–water partition coefficient (Wildman–Crippen LogP) is -2.45. The van der Waals surface area contributed by atoms with Gasteiger partial charge in [-0.05, 0) is 19.5 Å². The second-order valence-electron chi connectivity index (χ2n) is 2.99. The topological polar surface area (TPSA) is 105 Å². The summed E-state index contributed by atoms with van der Waals surface area (Å²) >= 11 is 0. The van der Waals surface area contributed by atoms with E-state index in [0.29, 0.717) is 32.7 Å². The standard InChI is InChI=1S/C8H21N5O/c9-2-1-3-11-6-8(14)7-12-4-5-13-10/h11-13H,1-7,9-10H2. The van der Waals surface area contributed by atoms with E-state index in [9.17, 15) is 4.79 Å². The highest BCUT2D eigenvalue weighted by atomic mass is 16.1. The quantitative estimate of drug-likeness (QED) is 0.153. The number of rotatable bonds is 10. The normalized spacial score (nSPS) is 10.4. The summed E-state index contributed by atoms with van der Waals surface area (Å²) < 4.78 is 0. The van der Waals surface area contributed by atoms with Crippen LogP contribution in [0.25, 0.3) is 0 Å². The van der Waals surface area contributed by atoms with E-state index in [1.165, 1.54) is 0 Å². The molecule has 0 saturated heterocycles. The fourth-order valence-electron chi connectivity index (χ4n) is 0.906. The van der Waals surface area contributed by atoms with Crippen LogP contribution in [-0.4, -0.2) is 45.1 Å². The summed E-state index contributed by atoms with van der Waals surface area (Å²) in [4.78, 5) is 11.2. The Balaban J connectivity index is 3.11. The SMILES string of the molecule is NCCCNCC(=O)CNCCNN. The van der Waals surface area contributed by atoms with Gasteiger partial charge in [-0.2, -0.15) is 0 Å². The van der Waals surface area contributed by atoms with Crippen LogP contribution in [0.1, 0.15) is 6.42 Å². The molecule has 0 heterocycles. The number of carbonyl (C=O) groups excluding carboxylic acids is 1. The van der Waals surface area contributed by atoms with Crippen LogP contribution >= 0.6 is 0 Å². The van der Waals surface area contributed by atoms with Crippen molar-refractivity contribution in [2.24, 2.45) is 11.6 Å². The Bertz CT molecular complexity index is 128. The Hall–Kier alpha value is -0.530. The van der Waals surface area contributed by atoms with Gasteiger partial charge < -0.3 is 16.4 Å². The van der Waals surface area contributed by atoms with Crippen LogP contribution in [0.4, 0.5) is 0 Å². The molecule has 0 fully saturated rings. The summed E-state index contributed by atoms with van der Waals surface area (Å²) in [6, 6.07) is 0. The lowest BCUT2D eigenvalue weighted by Gasteiger charge is -2.04. The number of ketones is 1. The average Bonchev–Trinajstić information content (AvgIpc) is 2.19. The third-order valence-corrected chi connectivity index (χ3v) is 1.65. The van der Waals surface area contributed by atoms with Crippen molar-refractivity contribution in [2.75, 3.05) is 39.3 Å². The van der Waals surface area contributed by atoms with Crippen molar-refractivity contribution in [2.45, 2.75) is 6.42 Å². The lowest BCUT2D eigenvalue weighted by atomic mass is 10.3. The van der Waals surface area contributed by atoms with Crippen LogP contribution < -0.4 is 27.6 Å². The smallest absolute Gasteiger partial charge is 0.160 e. The zero-order chi connectivity index (χ0) is 10.6. The molecule has 7 N–H and O–H groups in total. The molecular weight excluding hydrogens is 182 g/mol. The van der Waals surface area contributed by atoms with Gasteiger partial charge in [0.2, 0.25) is 0 Å². The molecule has 0 bridgehead atoms. The van der Waals surface area contributed by atoms with Gasteiger partial charge in [0.1, 0.15) is 0 Å². The van der Waals surface area contributed by atoms with E-state index in [2.05, 4.69) is 16.1 Å². The molecule has 6 heteroatoms. The highest BCUT2D eigenvalue weighted by Crippen LogP contribution is 1.71. The minimum atomic E-state index is 0.152. The first-order chi connectivity index (χ1) is 6.81. The van der Waals surface area contributed by atoms with Gasteiger partial charge in [0.05, 0.1) is 13.1 Å². The van der Waals surface area contributed by atoms with Gasteiger partial charge in [-0.25, -0.2) is 0 Å². The maximum atomic E-state index is 11.2. The molecule has 0 aromatic carbocycles. The molecule has 0 amide bonds. The van der Waals surface area contributed by atoms with Crippen molar-refractivity contribution < 1.29 is 4.79 Å². The van der Waals surface area contributed by atoms with Gasteiger partial charge in [0, 0.05) is 13.1 Å². The number of nitrogens with one attached hydrogen (secondary N) is 3. The van der Waals surface area contributed by atoms with Crippen LogP contribution in [0.3, 0.4) is 0 Å². The first-order valence-corrected chi connectivity index (χ1v) is 4.88. The molecule has 14 heavy (non-hydrogen) atoms. The Morgan fingerprint density at radius 2 is 1.71 bits per heavy atom. The molecule has 84 valence electrons. The molecule has 0 unspecified atom stereocenters. The maximum Gasteiger partial charge on any atom is 0.160 e. The maximum absolute atomic E-state index is 11.2. The molecule has 0 spiro atoms. The van der Waals surface area contributed by atoms with Crippen molar-refractivity contribution >= 4 is 5.78 Å². The molecule has 0 rings (SSSR count). The number of hydrazine groups is 1. The summed E-state index contributed by atoms with van der Waals surface area (Å²) in [5.74, 6) is 5.21. The monoisotopic (exact) mass is 203 g/mol. The second-order valence-corrected chi connectivity index (χ2v) is 2.99. The zero-order valence-electron chi connectivity index (χ0n) is 8.51. The fourth-order valence-corrected chi connectivity index (χ4v) is 0.906. The fraction of sp³-hybridized carbons (Fsp3) is 0.875. The number of hydrogen-bond donors (Lipinski definition) is 5. The molecule has 0 saturated carbocycles. The molecular formula is C8H21N5O. The highest BCUT2D eigenvalue weighted by Gasteiger charge is 1.99. The van der Waals surface area contributed by atoms with E-state index in [0.717, 1.165) is 13.0 Å². The van der Waals surface area contributed by atoms with Gasteiger partial charge in [0.15, 0.2) is 5.78 Å². The van der Waals surface area contributed by atoms with Gasteiger partial charge in [-0.1, -0.05) is 0 Å². The van der Waals surface area contributed by atoms with E-state index in [1.54, 1.807) is 0 Å². The molecule has 0 aromatic heterocycles. The first kappa shape index (κ1) is 13.5. The van der Waals surface area contributed by atoms with Crippen LogP contribution in [0.5, 0.6) is 0 Å². The van der Waals surface area contributed by atoms with E-state index < -0.39 is 0 Å². The number of Topliss-reactive ketones (excluding diaryl/α,β-unsaturated/α-hetero) is 1. The average molecular weight is 203 g/mol. The number of nitrogens with two attached hydrogens (primary N) is 2. The first-order valence-electron chi connectivity index (χ1n) is 4.88. The summed E-state index contributed by atoms with van der Waals surface area (Å²) in [7, 11) is 0. The van der Waals surface area contributed by atoms with Gasteiger partial charge in [-0.3, -0.25) is 16.1 Å². The van der Waals surface area contributed by atoms with Crippen LogP contribution in [0.2, 0.25) is 0 Å². The molecule has 0 aliphatic carbocycles. The lowest BCUT2D eigenvalue weighted by molar-refractivity contribution is -0.117. The van der Waals surface area contributed by atoms with Crippen LogP contribution in [0, 0.1) is 0 Å². The largest absolute Gasteiger partial charge is 0.330 e. The van der Waals surface area contributed by atoms with Crippen molar-refractivity contribution in [3.8, 4) is 0 Å². The van der Waals surface area contributed by atoms with E-state index in [1.807, 2.05) is 0 Å². The van der Waals surface area contributed by atoms with E-state index in [-0.39, 0.29) is 5.78 Å². The molecule has 6 nitrogen and oxygen atoms in total. The molecule has 0 aliphatic heterocycles. The minimum Gasteiger partial charge on any atom is -0.330 e. The Morgan fingerprint density at radius 3 is 2.29 bits per heavy atom. The molecule has 0 aliphatic rings. The van der Waals surface area contributed by atoms with Gasteiger partial charge >= 0.3 is 0 Å². The van der Waals surface area contributed by atoms with Crippen molar-refractivity contribution in [1.29, 1.82) is 0 Å². The summed E-state index contributed by atoms with van der Waals surface area (Å²) in [5, 5.41) is 5.99. The second kappa shape index (κ2) is 10.6. The summed E-state index contributed by atoms with van der Waals surface area (Å²) in [6.45, 7) is 3.60. The van der Waals surface area contributed by atoms with Gasteiger partial charge in [-0.15, -0.1) is 0 Å². The van der Waals surface area contributed by atoms with Crippen molar-refractivity contribution in [3.63, 3.8) is 0 Å². The Morgan fingerprint density at radius 1 is 1.07 bits per heavy atom. The van der Waals surface area contributed by atoms with Gasteiger partial charge in [0.25, 0.3) is 0 Å². The van der Waals surface area contributed by atoms with Crippen LogP contribution in [0.15, 0.2) is 0 Å². The molecule has 0 radical (unpaired) electrons. The van der Waals surface area contributed by atoms with Crippen molar-refractivity contribution in [1.82, 2.24) is 16.1 Å². The molecule has 0 aromatic rings. The number of hydrogen-bond acceptors (Lipinski definition) is 6. The van der Waals surface area contributed by atoms with E-state index >= 15 is 0 Å². The van der Waals surface area contributed by atoms with Crippen LogP contribution in [-0.2, 0) is 4.79 Å². The highest BCUT2D eigenvalue weighted by molar-refractivity contribution is 5.82. The Labute approximate surface area is 84.8 Å². The van der Waals surface area contributed by atoms with E-state index in [4.69, 9.17) is 11.6 Å². The molecule has 0 atom stereocenters. The zero-order valence-corrected chi connectivity index (χ0v) is 8.51. The third-order valence-electron chi connectivity index (χ3n) is 1.65. The number of carbonyl (C=O) groups is 1. The minimum absolute atomic E-state index is 0.152. The third kappa shape index (κ3) is 9.56. The predicted molar refractivity (Wildman–Crippen MR) is 56.6 cm³/mol.